The van der Waals surface area contributed by atoms with Crippen LogP contribution in [0.15, 0.2) is 47.4 Å². The molecule has 2 aromatic rings. The molecule has 0 bridgehead atoms. The van der Waals surface area contributed by atoms with Crippen LogP contribution in [0.5, 0.6) is 0 Å². The van der Waals surface area contributed by atoms with Crippen molar-refractivity contribution in [3.8, 4) is 0 Å². The first-order chi connectivity index (χ1) is 13.0. The molecule has 0 saturated carbocycles. The Morgan fingerprint density at radius 1 is 1.11 bits per heavy atom. The Morgan fingerprint density at radius 2 is 1.82 bits per heavy atom. The number of aliphatic hydroxyl groups is 1. The number of hydrogen-bond donors (Lipinski definition) is 4. The normalized spacial score (nSPS) is 11.9. The zero-order chi connectivity index (χ0) is 20.9. The fourth-order valence-corrected chi connectivity index (χ4v) is 3.91. The van der Waals surface area contributed by atoms with Crippen LogP contribution in [0.3, 0.4) is 0 Å². The maximum Gasteiger partial charge on any atom is 0.255 e. The molecular weight excluding hydrogens is 385 g/mol. The van der Waals surface area contributed by atoms with E-state index >= 15 is 0 Å². The second-order valence-corrected chi connectivity index (χ2v) is 8.90. The first-order valence-corrected chi connectivity index (χ1v) is 10.1. The van der Waals surface area contributed by atoms with Gasteiger partial charge in [-0.2, -0.15) is 0 Å². The summed E-state index contributed by atoms with van der Waals surface area (Å²) >= 11 is 0. The van der Waals surface area contributed by atoms with E-state index in [2.05, 4.69) is 15.4 Å². The molecule has 1 amide bonds. The van der Waals surface area contributed by atoms with Crippen LogP contribution in [0.25, 0.3) is 0 Å². The van der Waals surface area contributed by atoms with Crippen LogP contribution in [-0.4, -0.2) is 38.1 Å². The predicted octanol–water partition coefficient (Wildman–Crippen LogP) is 2.56. The lowest BCUT2D eigenvalue weighted by atomic mass is 10.1. The van der Waals surface area contributed by atoms with Crippen molar-refractivity contribution in [2.24, 2.45) is 0 Å². The highest BCUT2D eigenvalue weighted by Crippen LogP contribution is 2.22. The summed E-state index contributed by atoms with van der Waals surface area (Å²) in [6.07, 6.45) is 0. The number of halogens is 1. The molecule has 0 saturated heterocycles. The Bertz CT molecular complexity index is 956. The van der Waals surface area contributed by atoms with Gasteiger partial charge in [0, 0.05) is 29.0 Å². The lowest BCUT2D eigenvalue weighted by molar-refractivity contribution is 0.102. The molecule has 0 aliphatic rings. The number of anilines is 2. The molecule has 0 aromatic heterocycles. The summed E-state index contributed by atoms with van der Waals surface area (Å²) in [5.74, 6) is -1.10. The Hall–Kier alpha value is -2.49. The Morgan fingerprint density at radius 3 is 2.43 bits per heavy atom. The van der Waals surface area contributed by atoms with Gasteiger partial charge in [-0.3, -0.25) is 4.79 Å². The van der Waals surface area contributed by atoms with Gasteiger partial charge in [-0.25, -0.2) is 17.5 Å². The Balaban J connectivity index is 2.41. The summed E-state index contributed by atoms with van der Waals surface area (Å²) in [5, 5.41) is 14.4. The molecule has 0 atom stereocenters. The van der Waals surface area contributed by atoms with Crippen molar-refractivity contribution in [1.82, 2.24) is 4.72 Å². The van der Waals surface area contributed by atoms with Crippen molar-refractivity contribution in [2.75, 3.05) is 23.8 Å². The van der Waals surface area contributed by atoms with E-state index in [1.54, 1.807) is 20.8 Å². The summed E-state index contributed by atoms with van der Waals surface area (Å²) in [7, 11) is -3.89. The number of rotatable bonds is 7. The molecule has 0 aliphatic heterocycles. The second kappa shape index (κ2) is 8.68. The van der Waals surface area contributed by atoms with Crippen molar-refractivity contribution >= 4 is 27.3 Å². The van der Waals surface area contributed by atoms with E-state index < -0.39 is 27.3 Å². The van der Waals surface area contributed by atoms with Gasteiger partial charge < -0.3 is 15.7 Å². The van der Waals surface area contributed by atoms with Crippen molar-refractivity contribution in [1.29, 1.82) is 0 Å². The van der Waals surface area contributed by atoms with E-state index in [1.165, 1.54) is 36.4 Å². The summed E-state index contributed by atoms with van der Waals surface area (Å²) in [6.45, 7) is 5.13. The number of hydrogen-bond acceptors (Lipinski definition) is 5. The van der Waals surface area contributed by atoms with Gasteiger partial charge in [0.2, 0.25) is 10.0 Å². The predicted molar refractivity (Wildman–Crippen MR) is 106 cm³/mol. The molecule has 2 aromatic carbocycles. The van der Waals surface area contributed by atoms with Gasteiger partial charge in [-0.05, 0) is 57.2 Å². The van der Waals surface area contributed by atoms with Crippen LogP contribution >= 0.6 is 0 Å². The highest BCUT2D eigenvalue weighted by molar-refractivity contribution is 7.89. The minimum Gasteiger partial charge on any atom is -0.395 e. The van der Waals surface area contributed by atoms with E-state index in [-0.39, 0.29) is 29.3 Å². The van der Waals surface area contributed by atoms with Crippen molar-refractivity contribution in [3.05, 3.63) is 53.8 Å². The molecule has 0 radical (unpaired) electrons. The van der Waals surface area contributed by atoms with Gasteiger partial charge in [0.25, 0.3) is 5.91 Å². The largest absolute Gasteiger partial charge is 0.395 e. The first kappa shape index (κ1) is 21.8. The van der Waals surface area contributed by atoms with Gasteiger partial charge in [0.05, 0.1) is 11.5 Å². The van der Waals surface area contributed by atoms with Gasteiger partial charge in [0.15, 0.2) is 0 Å². The molecule has 4 N–H and O–H groups in total. The van der Waals surface area contributed by atoms with Crippen LogP contribution < -0.4 is 15.4 Å². The third-order valence-electron chi connectivity index (χ3n) is 3.44. The molecule has 0 spiro atoms. The number of carbonyl (C=O) groups excluding carboxylic acids is 1. The van der Waals surface area contributed by atoms with E-state index in [9.17, 15) is 17.6 Å². The maximum atomic E-state index is 13.3. The molecule has 152 valence electrons. The minimum absolute atomic E-state index is 0.0708. The summed E-state index contributed by atoms with van der Waals surface area (Å²) in [4.78, 5) is 12.5. The van der Waals surface area contributed by atoms with Gasteiger partial charge >= 0.3 is 0 Å². The van der Waals surface area contributed by atoms with Crippen molar-refractivity contribution < 1.29 is 22.7 Å². The fraction of sp³-hybridized carbons (Fsp3) is 0.316. The van der Waals surface area contributed by atoms with E-state index in [0.717, 1.165) is 6.07 Å². The first-order valence-electron chi connectivity index (χ1n) is 8.61. The standard InChI is InChI=1S/C19H24FN3O4S/c1-19(2,3)23-28(26,27)17-10-13(9-16(12-17)21-7-8-24)18(25)22-15-6-4-5-14(20)11-15/h4-6,9-12,21,23-24H,7-8H2,1-3H3,(H,22,25). The molecule has 9 heteroatoms. The van der Waals surface area contributed by atoms with Crippen LogP contribution in [0.4, 0.5) is 15.8 Å². The zero-order valence-corrected chi connectivity index (χ0v) is 16.7. The third kappa shape index (κ3) is 6.29. The van der Waals surface area contributed by atoms with Gasteiger partial charge in [-0.1, -0.05) is 6.07 Å². The fourth-order valence-electron chi connectivity index (χ4n) is 2.42. The number of aliphatic hydroxyl groups excluding tert-OH is 1. The SMILES string of the molecule is CC(C)(C)NS(=O)(=O)c1cc(NCCO)cc(C(=O)Nc2cccc(F)c2)c1. The molecule has 0 unspecified atom stereocenters. The molecule has 0 aliphatic carbocycles. The average molecular weight is 409 g/mol. The van der Waals surface area contributed by atoms with Crippen LogP contribution in [0.2, 0.25) is 0 Å². The van der Waals surface area contributed by atoms with E-state index in [4.69, 9.17) is 5.11 Å². The maximum absolute atomic E-state index is 13.3. The number of sulfonamides is 1. The van der Waals surface area contributed by atoms with Gasteiger partial charge in [-0.15, -0.1) is 0 Å². The minimum atomic E-state index is -3.89. The Kier molecular flexibility index (Phi) is 6.76. The van der Waals surface area contributed by atoms with Crippen LogP contribution in [0, 0.1) is 5.82 Å². The van der Waals surface area contributed by atoms with E-state index in [0.29, 0.717) is 5.69 Å². The highest BCUT2D eigenvalue weighted by atomic mass is 32.2. The number of carbonyl (C=O) groups is 1. The van der Waals surface area contributed by atoms with Crippen LogP contribution in [-0.2, 0) is 10.0 Å². The number of nitrogens with one attached hydrogen (secondary N) is 3. The lowest BCUT2D eigenvalue weighted by Crippen LogP contribution is -2.40. The zero-order valence-electron chi connectivity index (χ0n) is 15.9. The Labute approximate surface area is 164 Å². The van der Waals surface area contributed by atoms with Crippen LogP contribution in [0.1, 0.15) is 31.1 Å². The lowest BCUT2D eigenvalue weighted by Gasteiger charge is -2.21. The van der Waals surface area contributed by atoms with E-state index in [1.807, 2.05) is 0 Å². The monoisotopic (exact) mass is 409 g/mol. The average Bonchev–Trinajstić information content (AvgIpc) is 2.57. The molecule has 0 heterocycles. The molecule has 7 nitrogen and oxygen atoms in total. The summed E-state index contributed by atoms with van der Waals surface area (Å²) in [5.41, 5.74) is -0.0372. The van der Waals surface area contributed by atoms with Crippen molar-refractivity contribution in [3.63, 3.8) is 0 Å². The number of benzene rings is 2. The third-order valence-corrected chi connectivity index (χ3v) is 5.18. The highest BCUT2D eigenvalue weighted by Gasteiger charge is 2.24. The smallest absolute Gasteiger partial charge is 0.255 e. The summed E-state index contributed by atoms with van der Waals surface area (Å²) in [6, 6.07) is 9.46. The molecular formula is C19H24FN3O4S. The molecule has 0 fully saturated rings. The molecule has 2 rings (SSSR count). The number of amides is 1. The van der Waals surface area contributed by atoms with Gasteiger partial charge in [0.1, 0.15) is 5.82 Å². The van der Waals surface area contributed by atoms with Crippen molar-refractivity contribution in [2.45, 2.75) is 31.2 Å². The quantitative estimate of drug-likeness (QED) is 0.562. The second-order valence-electron chi connectivity index (χ2n) is 7.22. The summed E-state index contributed by atoms with van der Waals surface area (Å²) < 4.78 is 41.2. The molecule has 28 heavy (non-hydrogen) atoms. The topological polar surface area (TPSA) is 108 Å².